The lowest BCUT2D eigenvalue weighted by Gasteiger charge is -2.57. The van der Waals surface area contributed by atoms with Gasteiger partial charge in [-0.25, -0.2) is 0 Å². The maximum absolute atomic E-state index is 13.6. The summed E-state index contributed by atoms with van der Waals surface area (Å²) in [5, 5.41) is 67.5. The summed E-state index contributed by atoms with van der Waals surface area (Å²) < 4.78 is 5.50. The molecule has 132 heavy (non-hydrogen) atoms. The van der Waals surface area contributed by atoms with E-state index in [0.717, 1.165) is 236 Å². The highest BCUT2D eigenvalue weighted by Gasteiger charge is 2.65. The van der Waals surface area contributed by atoms with Crippen molar-refractivity contribution in [1.82, 2.24) is 59.3 Å². The topological polar surface area (TPSA) is 272 Å². The Morgan fingerprint density at radius 1 is 0.326 bits per heavy atom. The first-order valence-corrected chi connectivity index (χ1v) is 53.7. The minimum absolute atomic E-state index is 0.135. The van der Waals surface area contributed by atoms with Crippen LogP contribution >= 0.6 is 0 Å². The summed E-state index contributed by atoms with van der Waals surface area (Å²) >= 11 is 0. The fourth-order valence-electron chi connectivity index (χ4n) is 36.3. The predicted octanol–water partition coefficient (Wildman–Crippen LogP) is 21.6. The van der Waals surface area contributed by atoms with Crippen molar-refractivity contribution in [3.8, 4) is 0 Å². The van der Waals surface area contributed by atoms with E-state index in [4.69, 9.17) is 0 Å². The molecule has 16 fully saturated rings. The van der Waals surface area contributed by atoms with Crippen LogP contribution in [-0.2, 0) is 45.4 Å². The molecule has 0 unspecified atom stereocenters. The zero-order chi connectivity index (χ0) is 91.2. The number of hydrogen-bond acceptors (Lipinski definition) is 16. The van der Waals surface area contributed by atoms with Crippen LogP contribution in [0.4, 0.5) is 0 Å². The van der Waals surface area contributed by atoms with Crippen molar-refractivity contribution in [3.05, 3.63) is 98.0 Å². The second-order valence-corrected chi connectivity index (χ2v) is 48.5. The van der Waals surface area contributed by atoms with Crippen molar-refractivity contribution in [3.63, 3.8) is 0 Å². The molecule has 0 aliphatic heterocycles. The molecule has 20 heteroatoms. The first-order valence-electron chi connectivity index (χ1n) is 53.7. The fraction of sp³-hybridized carbons (Fsp3) is 0.750. The lowest BCUT2D eigenvalue weighted by atomic mass is 9.48. The Hall–Kier alpha value is -7.00. The molecule has 16 aliphatic carbocycles. The van der Waals surface area contributed by atoms with E-state index in [1.54, 1.807) is 35.8 Å². The van der Waals surface area contributed by atoms with Crippen LogP contribution in [-0.4, -0.2) is 125 Å². The normalized spacial score (nSPS) is 42.5. The molecule has 7 aromatic heterocycles. The van der Waals surface area contributed by atoms with E-state index in [1.165, 1.54) is 154 Å². The number of Topliss-reactive ketones (excluding diaryl/α,β-unsaturated/α-hetero) is 4. The molecule has 712 valence electrons. The van der Waals surface area contributed by atoms with Crippen LogP contribution in [0.5, 0.6) is 0 Å². The number of ketones is 4. The average molecular weight is 1800 g/mol. The molecule has 4 N–H and O–H groups in total. The SMILES string of the molecule is CC[C@@]1(O)CC[C@H]2[C@@H](CC[C@@H]3[C@@H]2CC[C@]2(C)[C@@H](C(=O)Cn4cc5ccncc5n4)CC[C@@H]32)C1.CC[C@@]1(O)CC[C@H]2[C@@H](CC[C@@H]3[C@@H]2CC[C@]2(C)[C@@H](C(=O)Cn4cc5ncccc5n4)CC[C@@H]32)C1.CC[C@@]1(O)CC[C@H]2[C@@H](CC[C@@H]3[C@@H]2CC[C@]2(C)[C@@H](C(=O)Cn4nc5ccccc5n4)CC[C@@H]32)C1.CC[C@@]1(O)CC[C@H]2[C@@H](CC[C@@H]3[C@@H]2CC[C@]2(C)[C@@H](C(=O)Cn4ncc5ncccc54)CC[C@@H]32)C1. The Kier molecular flexibility index (Phi) is 24.8. The summed E-state index contributed by atoms with van der Waals surface area (Å²) in [5.74, 6) is 17.3. The number of aliphatic hydroxyl groups is 4. The summed E-state index contributed by atoms with van der Waals surface area (Å²) in [6.45, 7) is 19.8. The van der Waals surface area contributed by atoms with Crippen LogP contribution in [0.2, 0.25) is 0 Å². The lowest BCUT2D eigenvalue weighted by Crippen LogP contribution is -2.51. The fourth-order valence-corrected chi connectivity index (χ4v) is 36.3. The Labute approximate surface area is 783 Å². The first kappa shape index (κ1) is 91.4. The van der Waals surface area contributed by atoms with Gasteiger partial charge < -0.3 is 20.4 Å². The molecule has 0 radical (unpaired) electrons. The predicted molar refractivity (Wildman–Crippen MR) is 514 cm³/mol. The van der Waals surface area contributed by atoms with Gasteiger partial charge in [-0.2, -0.15) is 30.3 Å². The number of rotatable bonds is 16. The van der Waals surface area contributed by atoms with Crippen molar-refractivity contribution in [2.75, 3.05) is 0 Å². The number of nitrogens with zero attached hydrogens (tertiary/aromatic N) is 12. The van der Waals surface area contributed by atoms with Gasteiger partial charge in [0.1, 0.15) is 46.2 Å². The van der Waals surface area contributed by atoms with Crippen LogP contribution < -0.4 is 0 Å². The minimum Gasteiger partial charge on any atom is -0.390 e. The summed E-state index contributed by atoms with van der Waals surface area (Å²) in [4.78, 5) is 68.7. The smallest absolute Gasteiger partial charge is 0.159 e. The zero-order valence-corrected chi connectivity index (χ0v) is 81.0. The molecule has 0 spiro atoms. The van der Waals surface area contributed by atoms with Crippen LogP contribution in [0.15, 0.2) is 98.0 Å². The van der Waals surface area contributed by atoms with E-state index < -0.39 is 22.4 Å². The molecule has 0 amide bonds. The maximum Gasteiger partial charge on any atom is 0.159 e. The van der Waals surface area contributed by atoms with Crippen LogP contribution in [0, 0.1) is 164 Å². The second kappa shape index (κ2) is 35.8. The van der Waals surface area contributed by atoms with Gasteiger partial charge in [0.2, 0.25) is 0 Å². The highest BCUT2D eigenvalue weighted by molar-refractivity contribution is 5.86. The van der Waals surface area contributed by atoms with Crippen LogP contribution in [0.1, 0.15) is 312 Å². The van der Waals surface area contributed by atoms with E-state index >= 15 is 0 Å². The molecule has 1 aromatic carbocycles. The summed E-state index contributed by atoms with van der Waals surface area (Å²) in [6.07, 6.45) is 58.6. The van der Waals surface area contributed by atoms with Crippen molar-refractivity contribution >= 4 is 67.1 Å². The Morgan fingerprint density at radius 2 is 0.674 bits per heavy atom. The van der Waals surface area contributed by atoms with Gasteiger partial charge in [-0.3, -0.25) is 48.2 Å². The summed E-state index contributed by atoms with van der Waals surface area (Å²) in [6, 6.07) is 17.6. The Bertz CT molecular complexity index is 5020. The molecule has 16 aliphatic rings. The number of carbonyl (C=O) groups is 4. The first-order chi connectivity index (χ1) is 63.6. The number of fused-ring (bicyclic) bond motifs is 24. The summed E-state index contributed by atoms with van der Waals surface area (Å²) in [5.41, 5.74) is 5.07. The number of carbonyl (C=O) groups excluding carboxylic acids is 4. The van der Waals surface area contributed by atoms with E-state index in [-0.39, 0.29) is 45.3 Å². The van der Waals surface area contributed by atoms with Crippen molar-refractivity contribution < 1.29 is 39.6 Å². The number of benzene rings is 1. The third-order valence-electron chi connectivity index (χ3n) is 43.3. The van der Waals surface area contributed by atoms with Gasteiger partial charge >= 0.3 is 0 Å². The summed E-state index contributed by atoms with van der Waals surface area (Å²) in [7, 11) is 0. The second-order valence-electron chi connectivity index (χ2n) is 48.5. The van der Waals surface area contributed by atoms with Gasteiger partial charge in [-0.15, -0.1) is 0 Å². The molecule has 20 nitrogen and oxygen atoms in total. The van der Waals surface area contributed by atoms with E-state index in [0.29, 0.717) is 78.9 Å². The minimum atomic E-state index is -0.409. The van der Waals surface area contributed by atoms with Gasteiger partial charge in [0.15, 0.2) is 23.1 Å². The quantitative estimate of drug-likeness (QED) is 0.0700. The number of hydrogen-bond donors (Lipinski definition) is 4. The van der Waals surface area contributed by atoms with E-state index in [2.05, 4.69) is 95.8 Å². The highest BCUT2D eigenvalue weighted by Crippen LogP contribution is 2.71. The van der Waals surface area contributed by atoms with Gasteiger partial charge in [-0.1, -0.05) is 67.5 Å². The van der Waals surface area contributed by atoms with Crippen LogP contribution in [0.3, 0.4) is 0 Å². The molecule has 7 heterocycles. The molecule has 8 aromatic rings. The van der Waals surface area contributed by atoms with Gasteiger partial charge in [0.05, 0.1) is 59.6 Å². The molecule has 16 saturated carbocycles. The Morgan fingerprint density at radius 3 is 1.07 bits per heavy atom. The highest BCUT2D eigenvalue weighted by atomic mass is 16.3. The van der Waals surface area contributed by atoms with Gasteiger partial charge in [-0.05, 0) is 439 Å². The molecular weight excluding hydrogens is 1640 g/mol. The Balaban J connectivity index is 0.000000106. The third kappa shape index (κ3) is 16.4. The largest absolute Gasteiger partial charge is 0.390 e. The number of pyridine rings is 3. The van der Waals surface area contributed by atoms with Crippen molar-refractivity contribution in [1.29, 1.82) is 0 Å². The van der Waals surface area contributed by atoms with Crippen molar-refractivity contribution in [2.24, 2.45) is 164 Å². The van der Waals surface area contributed by atoms with Crippen LogP contribution in [0.25, 0.3) is 44.0 Å². The maximum atomic E-state index is 13.6. The monoisotopic (exact) mass is 1800 g/mol. The third-order valence-corrected chi connectivity index (χ3v) is 43.3. The zero-order valence-electron chi connectivity index (χ0n) is 81.0. The van der Waals surface area contributed by atoms with E-state index in [9.17, 15) is 39.6 Å². The molecule has 0 bridgehead atoms. The standard InChI is InChI=1S/4C28H39N3O2/c1-3-28(33)12-9-20-18(14-28)4-5-22-21(20)8-11-27(2)23(22)6-7-24(27)26(32)17-31-16-19-10-13-29-15-25(19)30-31;1-3-28(33)13-11-19-18(15-28)6-7-21-20(19)10-12-27(2)22(21)8-9-23(27)26(32)17-31-25-5-4-14-29-24(25)16-30-31;1-3-28(33)13-11-19-18(15-28)6-7-21-20(19)10-12-27(2)22(21)8-9-23(27)26(32)17-31-16-25-24(30-31)5-4-14-29-25;1-3-28(33)15-13-19-18(16-28)8-9-21-20(19)12-14-27(2)22(21)10-11-23(27)26(32)17-31-29-24-6-4-5-7-25(24)30-31/h10,13,15-16,18,20-24,33H,3-9,11-12,14,17H2,1-2H3;2*4-5,14,16,18-23,33H,3,6-13,15,17H2,1-2H3;4-7,18-23,33H,3,8-17H2,1-2H3/t18-,20-,21+,22+,23-,24+,27-,28+;3*18-,19-,20+,21+,22-,23+,27-,28+/m0000/s1. The molecule has 32 atom stereocenters. The molecule has 24 rings (SSSR count). The van der Waals surface area contributed by atoms with Crippen molar-refractivity contribution in [2.45, 2.75) is 361 Å². The van der Waals surface area contributed by atoms with Gasteiger partial charge in [0, 0.05) is 53.8 Å². The molecular formula is C112H156N12O8. The van der Waals surface area contributed by atoms with E-state index in [1.807, 2.05) is 81.0 Å². The lowest BCUT2D eigenvalue weighted by molar-refractivity contribution is -0.134. The van der Waals surface area contributed by atoms with Gasteiger partial charge in [0.25, 0.3) is 0 Å². The number of aromatic nitrogens is 12. The average Bonchev–Trinajstić information content (AvgIpc) is 1.60. The molecule has 0 saturated heterocycles.